The lowest BCUT2D eigenvalue weighted by Crippen LogP contribution is -2.41. The van der Waals surface area contributed by atoms with Crippen LogP contribution in [0.3, 0.4) is 0 Å². The van der Waals surface area contributed by atoms with Gasteiger partial charge in [0.2, 0.25) is 11.8 Å². The second kappa shape index (κ2) is 7.94. The van der Waals surface area contributed by atoms with Crippen LogP contribution in [0, 0.1) is 6.92 Å². The van der Waals surface area contributed by atoms with Crippen molar-refractivity contribution < 1.29 is 9.59 Å². The average molecular weight is 303 g/mol. The molecule has 1 aliphatic rings. The topological polar surface area (TPSA) is 61.4 Å². The number of carbonyl (C=O) groups is 2. The Morgan fingerprint density at radius 1 is 1.18 bits per heavy atom. The van der Waals surface area contributed by atoms with Gasteiger partial charge in [-0.2, -0.15) is 0 Å². The van der Waals surface area contributed by atoms with E-state index in [4.69, 9.17) is 0 Å². The summed E-state index contributed by atoms with van der Waals surface area (Å²) >= 11 is 0. The van der Waals surface area contributed by atoms with Gasteiger partial charge in [-0.25, -0.2) is 0 Å². The lowest BCUT2D eigenvalue weighted by atomic mass is 10.1. The van der Waals surface area contributed by atoms with Gasteiger partial charge in [-0.05, 0) is 44.4 Å². The maximum Gasteiger partial charge on any atom is 0.234 e. The predicted molar refractivity (Wildman–Crippen MR) is 86.6 cm³/mol. The van der Waals surface area contributed by atoms with Crippen molar-refractivity contribution in [3.63, 3.8) is 0 Å². The molecule has 0 radical (unpaired) electrons. The minimum Gasteiger partial charge on any atom is -0.355 e. The zero-order valence-electron chi connectivity index (χ0n) is 13.4. The van der Waals surface area contributed by atoms with E-state index in [-0.39, 0.29) is 24.9 Å². The lowest BCUT2D eigenvalue weighted by Gasteiger charge is -2.16. The van der Waals surface area contributed by atoms with E-state index in [0.717, 1.165) is 19.3 Å². The summed E-state index contributed by atoms with van der Waals surface area (Å²) in [5.74, 6) is -0.0481. The molecule has 2 rings (SSSR count). The molecule has 1 aromatic carbocycles. The minimum atomic E-state index is -0.0460. The first-order valence-electron chi connectivity index (χ1n) is 7.83. The summed E-state index contributed by atoms with van der Waals surface area (Å²) in [5, 5.41) is 5.82. The number of rotatable bonds is 8. The maximum atomic E-state index is 11.9. The largest absolute Gasteiger partial charge is 0.355 e. The third-order valence-corrected chi connectivity index (χ3v) is 3.75. The summed E-state index contributed by atoms with van der Waals surface area (Å²) in [6.45, 7) is 3.20. The number of aryl methyl sites for hydroxylation is 1. The van der Waals surface area contributed by atoms with Crippen molar-refractivity contribution in [2.45, 2.75) is 32.2 Å². The van der Waals surface area contributed by atoms with Crippen LogP contribution in [0.5, 0.6) is 0 Å². The van der Waals surface area contributed by atoms with Gasteiger partial charge in [0.15, 0.2) is 0 Å². The van der Waals surface area contributed by atoms with Gasteiger partial charge in [-0.15, -0.1) is 0 Å². The van der Waals surface area contributed by atoms with E-state index in [1.165, 1.54) is 11.1 Å². The molecular weight excluding hydrogens is 278 g/mol. The van der Waals surface area contributed by atoms with Crippen molar-refractivity contribution in [2.24, 2.45) is 0 Å². The lowest BCUT2D eigenvalue weighted by molar-refractivity contribution is -0.124. The Morgan fingerprint density at radius 3 is 2.55 bits per heavy atom. The van der Waals surface area contributed by atoms with Crippen LogP contribution in [-0.2, 0) is 16.0 Å². The summed E-state index contributed by atoms with van der Waals surface area (Å²) in [4.78, 5) is 25.2. The standard InChI is InChI=1S/C17H25N3O2/c1-13-5-3-4-6-14(13)9-10-18-16(21)11-20(2)12-17(22)19-15-7-8-15/h3-6,15H,7-12H2,1-2H3,(H,18,21)(H,19,22). The average Bonchev–Trinajstić information content (AvgIpc) is 3.24. The molecule has 0 aromatic heterocycles. The molecule has 1 fully saturated rings. The number of nitrogens with one attached hydrogen (secondary N) is 2. The Bertz CT molecular complexity index is 526. The van der Waals surface area contributed by atoms with Crippen LogP contribution in [0.4, 0.5) is 0 Å². The smallest absolute Gasteiger partial charge is 0.234 e. The van der Waals surface area contributed by atoms with Crippen molar-refractivity contribution in [1.82, 2.24) is 15.5 Å². The highest BCUT2D eigenvalue weighted by molar-refractivity contribution is 5.81. The third kappa shape index (κ3) is 5.85. The van der Waals surface area contributed by atoms with E-state index in [0.29, 0.717) is 12.6 Å². The van der Waals surface area contributed by atoms with Gasteiger partial charge >= 0.3 is 0 Å². The van der Waals surface area contributed by atoms with Crippen LogP contribution in [0.25, 0.3) is 0 Å². The number of hydrogen-bond donors (Lipinski definition) is 2. The number of nitrogens with zero attached hydrogens (tertiary/aromatic N) is 1. The highest BCUT2D eigenvalue weighted by Crippen LogP contribution is 2.18. The van der Waals surface area contributed by atoms with Crippen molar-refractivity contribution >= 4 is 11.8 Å². The quantitative estimate of drug-likeness (QED) is 0.749. The van der Waals surface area contributed by atoms with Crippen molar-refractivity contribution in [3.8, 4) is 0 Å². The molecule has 0 unspecified atom stereocenters. The second-order valence-corrected chi connectivity index (χ2v) is 6.04. The van der Waals surface area contributed by atoms with Gasteiger partial charge in [0, 0.05) is 12.6 Å². The first-order valence-corrected chi connectivity index (χ1v) is 7.83. The summed E-state index contributed by atoms with van der Waals surface area (Å²) in [7, 11) is 1.79. The van der Waals surface area contributed by atoms with Gasteiger partial charge in [-0.3, -0.25) is 14.5 Å². The highest BCUT2D eigenvalue weighted by atomic mass is 16.2. The van der Waals surface area contributed by atoms with Crippen LogP contribution in [0.1, 0.15) is 24.0 Å². The minimum absolute atomic E-state index is 0.00212. The number of likely N-dealkylation sites (N-methyl/N-ethyl adjacent to an activating group) is 1. The Labute approximate surface area is 132 Å². The SMILES string of the molecule is Cc1ccccc1CCNC(=O)CN(C)CC(=O)NC1CC1. The monoisotopic (exact) mass is 303 g/mol. The van der Waals surface area contributed by atoms with Gasteiger partial charge in [0.05, 0.1) is 13.1 Å². The Kier molecular flexibility index (Phi) is 5.95. The van der Waals surface area contributed by atoms with E-state index in [9.17, 15) is 9.59 Å². The van der Waals surface area contributed by atoms with Crippen LogP contribution < -0.4 is 10.6 Å². The summed E-state index contributed by atoms with van der Waals surface area (Å²) < 4.78 is 0. The third-order valence-electron chi connectivity index (χ3n) is 3.75. The van der Waals surface area contributed by atoms with Crippen LogP contribution in [-0.4, -0.2) is 49.4 Å². The summed E-state index contributed by atoms with van der Waals surface area (Å²) in [6, 6.07) is 8.54. The van der Waals surface area contributed by atoms with Crippen LogP contribution in [0.2, 0.25) is 0 Å². The second-order valence-electron chi connectivity index (χ2n) is 6.04. The first kappa shape index (κ1) is 16.5. The van der Waals surface area contributed by atoms with Gasteiger partial charge < -0.3 is 10.6 Å². The normalized spacial score (nSPS) is 14.0. The van der Waals surface area contributed by atoms with E-state index < -0.39 is 0 Å². The molecule has 0 bridgehead atoms. The Morgan fingerprint density at radius 2 is 1.86 bits per heavy atom. The van der Waals surface area contributed by atoms with Crippen molar-refractivity contribution in [2.75, 3.05) is 26.7 Å². The maximum absolute atomic E-state index is 11.9. The zero-order valence-corrected chi connectivity index (χ0v) is 13.4. The number of amides is 2. The molecule has 0 spiro atoms. The van der Waals surface area contributed by atoms with Crippen molar-refractivity contribution in [3.05, 3.63) is 35.4 Å². The molecule has 5 heteroatoms. The molecule has 0 saturated heterocycles. The number of benzene rings is 1. The fourth-order valence-electron chi connectivity index (χ4n) is 2.33. The zero-order chi connectivity index (χ0) is 15.9. The fourth-order valence-corrected chi connectivity index (χ4v) is 2.33. The number of hydrogen-bond acceptors (Lipinski definition) is 3. The molecule has 1 saturated carbocycles. The molecule has 1 aliphatic carbocycles. The molecule has 120 valence electrons. The molecule has 0 aliphatic heterocycles. The molecule has 1 aromatic rings. The van der Waals surface area contributed by atoms with E-state index in [2.05, 4.69) is 29.7 Å². The number of carbonyl (C=O) groups excluding carboxylic acids is 2. The van der Waals surface area contributed by atoms with Crippen LogP contribution in [0.15, 0.2) is 24.3 Å². The molecule has 2 N–H and O–H groups in total. The molecule has 0 heterocycles. The first-order chi connectivity index (χ1) is 10.5. The molecule has 2 amide bonds. The molecule has 5 nitrogen and oxygen atoms in total. The predicted octanol–water partition coefficient (Wildman–Crippen LogP) is 0.864. The summed E-state index contributed by atoms with van der Waals surface area (Å²) in [5.41, 5.74) is 2.49. The fraction of sp³-hybridized carbons (Fsp3) is 0.529. The van der Waals surface area contributed by atoms with Crippen molar-refractivity contribution in [1.29, 1.82) is 0 Å². The highest BCUT2D eigenvalue weighted by Gasteiger charge is 2.23. The Balaban J connectivity index is 1.62. The van der Waals surface area contributed by atoms with E-state index in [1.54, 1.807) is 11.9 Å². The van der Waals surface area contributed by atoms with Gasteiger partial charge in [-0.1, -0.05) is 24.3 Å². The van der Waals surface area contributed by atoms with E-state index in [1.807, 2.05) is 12.1 Å². The van der Waals surface area contributed by atoms with Gasteiger partial charge in [0.1, 0.15) is 0 Å². The molecule has 0 atom stereocenters. The Hall–Kier alpha value is -1.88. The molecule has 22 heavy (non-hydrogen) atoms. The van der Waals surface area contributed by atoms with E-state index >= 15 is 0 Å². The van der Waals surface area contributed by atoms with Gasteiger partial charge in [0.25, 0.3) is 0 Å². The van der Waals surface area contributed by atoms with Crippen LogP contribution >= 0.6 is 0 Å². The summed E-state index contributed by atoms with van der Waals surface area (Å²) in [6.07, 6.45) is 2.98. The molecular formula is C17H25N3O2.